The maximum absolute atomic E-state index is 12.8. The van der Waals surface area contributed by atoms with E-state index < -0.39 is 125 Å². The van der Waals surface area contributed by atoms with Crippen LogP contribution in [-0.2, 0) is 0 Å². The van der Waals surface area contributed by atoms with E-state index in [0.717, 1.165) is 30.3 Å². The minimum Gasteiger partial charge on any atom is -0.478 e. The lowest BCUT2D eigenvalue weighted by Crippen LogP contribution is -2.16. The van der Waals surface area contributed by atoms with Crippen molar-refractivity contribution in [2.45, 2.75) is 0 Å². The van der Waals surface area contributed by atoms with Crippen LogP contribution in [-0.4, -0.2) is 88.6 Å². The molecule has 8 N–H and O–H groups in total. The van der Waals surface area contributed by atoms with Gasteiger partial charge in [0.05, 0.1) is 44.5 Å². The minimum atomic E-state index is -1.98. The van der Waals surface area contributed by atoms with E-state index in [1.54, 1.807) is 0 Å². The predicted molar refractivity (Wildman–Crippen MR) is 150 cm³/mol. The Hall–Kier alpha value is -7.10. The second kappa shape index (κ2) is 11.5. The van der Waals surface area contributed by atoms with Gasteiger partial charge in [-0.2, -0.15) is 0 Å². The number of fused-ring (bicyclic) bond motifs is 1. The fraction of sp³-hybridized carbons (Fsp3) is 0. The van der Waals surface area contributed by atoms with E-state index in [9.17, 15) is 79.2 Å². The largest absolute Gasteiger partial charge is 0.478 e. The lowest BCUT2D eigenvalue weighted by molar-refractivity contribution is 0.0651. The first-order valence-corrected chi connectivity index (χ1v) is 12.3. The molecular weight excluding hydrogens is 616 g/mol. The van der Waals surface area contributed by atoms with Crippen LogP contribution < -0.4 is 0 Å². The summed E-state index contributed by atoms with van der Waals surface area (Å²) in [5, 5.41) is 77.6. The first-order chi connectivity index (χ1) is 21.5. The van der Waals surface area contributed by atoms with Crippen molar-refractivity contribution in [3.05, 3.63) is 93.0 Å². The van der Waals surface area contributed by atoms with Crippen LogP contribution in [0.5, 0.6) is 0 Å². The number of hydrogen-bond donors (Lipinski definition) is 8. The van der Waals surface area contributed by atoms with Gasteiger partial charge in [0.25, 0.3) is 0 Å². The molecule has 46 heavy (non-hydrogen) atoms. The van der Waals surface area contributed by atoms with Gasteiger partial charge in [-0.3, -0.25) is 0 Å². The Morgan fingerprint density at radius 1 is 0.348 bits per heavy atom. The molecule has 0 heterocycles. The van der Waals surface area contributed by atoms with Gasteiger partial charge in [-0.05, 0) is 52.4 Å². The highest BCUT2D eigenvalue weighted by atomic mass is 16.4. The van der Waals surface area contributed by atoms with Gasteiger partial charge < -0.3 is 40.9 Å². The van der Waals surface area contributed by atoms with E-state index in [0.29, 0.717) is 18.2 Å². The van der Waals surface area contributed by atoms with Crippen LogP contribution in [0.15, 0.2) is 48.5 Å². The van der Waals surface area contributed by atoms with Gasteiger partial charge in [0.1, 0.15) is 0 Å². The predicted octanol–water partition coefficient (Wildman–Crippen LogP) is 3.76. The summed E-state index contributed by atoms with van der Waals surface area (Å²) in [5.74, 6) is -14.8. The van der Waals surface area contributed by atoms with Gasteiger partial charge in [0, 0.05) is 10.9 Å². The van der Waals surface area contributed by atoms with Crippen molar-refractivity contribution in [3.63, 3.8) is 0 Å². The summed E-state index contributed by atoms with van der Waals surface area (Å²) < 4.78 is 0. The fourth-order valence-electron chi connectivity index (χ4n) is 5.12. The van der Waals surface area contributed by atoms with E-state index in [-0.39, 0.29) is 0 Å². The molecular formula is C30H16O16. The van der Waals surface area contributed by atoms with Crippen LogP contribution in [0.2, 0.25) is 0 Å². The van der Waals surface area contributed by atoms with Crippen LogP contribution in [0.1, 0.15) is 82.9 Å². The zero-order valence-electron chi connectivity index (χ0n) is 22.5. The SMILES string of the molecule is O=C(O)c1ccc(-c2c(C(=O)O)c(C(=O)O)c3ccc(C(=O)O)c(C(=O)O)c3c2-c2ccc(C(=O)O)c(C(=O)O)c2)cc1C(=O)O. The standard InChI is InChI=1S/C30H16O16/c31-23(32)11-3-1-9(7-15(11)26(37)38)17-18(10-2-4-12(24(33)34)16(8-10)27(39)40)22(30(45)46)20(28(41)42)13-5-6-14(25(35)36)21(19(13)17)29(43)44/h1-8H,(H,31,32)(H,33,34)(H,35,36)(H,37,38)(H,39,40)(H,41,42)(H,43,44)(H,45,46). The van der Waals surface area contributed by atoms with E-state index in [1.165, 1.54) is 0 Å². The number of rotatable bonds is 10. The van der Waals surface area contributed by atoms with Gasteiger partial charge in [0.15, 0.2) is 0 Å². The Balaban J connectivity index is 2.49. The average molecular weight is 632 g/mol. The van der Waals surface area contributed by atoms with Gasteiger partial charge >= 0.3 is 47.8 Å². The highest BCUT2D eigenvalue weighted by Crippen LogP contribution is 2.46. The molecule has 4 rings (SSSR count). The number of carboxylic acid groups (broad SMARTS) is 8. The minimum absolute atomic E-state index is 0.453. The molecule has 4 aromatic carbocycles. The normalized spacial score (nSPS) is 10.7. The molecule has 0 saturated heterocycles. The van der Waals surface area contributed by atoms with Gasteiger partial charge in [-0.25, -0.2) is 38.4 Å². The molecule has 0 radical (unpaired) electrons. The molecule has 0 saturated carbocycles. The summed E-state index contributed by atoms with van der Waals surface area (Å²) in [6, 6.07) is 6.17. The zero-order valence-corrected chi connectivity index (χ0v) is 22.5. The molecule has 0 aromatic heterocycles. The summed E-state index contributed by atoms with van der Waals surface area (Å²) in [6.07, 6.45) is 0. The van der Waals surface area contributed by atoms with Crippen molar-refractivity contribution < 1.29 is 79.2 Å². The summed E-state index contributed by atoms with van der Waals surface area (Å²) in [7, 11) is 0. The number of benzene rings is 4. The lowest BCUT2D eigenvalue weighted by Gasteiger charge is -2.22. The Labute approximate surface area is 253 Å². The van der Waals surface area contributed by atoms with Crippen molar-refractivity contribution in [2.24, 2.45) is 0 Å². The zero-order chi connectivity index (χ0) is 34.4. The van der Waals surface area contributed by atoms with Gasteiger partial charge in [-0.15, -0.1) is 0 Å². The van der Waals surface area contributed by atoms with Crippen LogP contribution in [0.25, 0.3) is 33.0 Å². The smallest absolute Gasteiger partial charge is 0.337 e. The molecule has 0 aliphatic heterocycles. The van der Waals surface area contributed by atoms with Crippen LogP contribution in [0.3, 0.4) is 0 Å². The number of carboxylic acids is 8. The highest BCUT2D eigenvalue weighted by molar-refractivity contribution is 6.26. The molecule has 0 atom stereocenters. The van der Waals surface area contributed by atoms with E-state index in [4.69, 9.17) is 0 Å². The molecule has 0 unspecified atom stereocenters. The average Bonchev–Trinajstić information content (AvgIpc) is 2.97. The van der Waals surface area contributed by atoms with E-state index in [2.05, 4.69) is 0 Å². The maximum Gasteiger partial charge on any atom is 0.337 e. The van der Waals surface area contributed by atoms with E-state index >= 15 is 0 Å². The lowest BCUT2D eigenvalue weighted by atomic mass is 9.79. The third-order valence-corrected chi connectivity index (χ3v) is 6.88. The van der Waals surface area contributed by atoms with Crippen LogP contribution in [0.4, 0.5) is 0 Å². The molecule has 232 valence electrons. The van der Waals surface area contributed by atoms with Crippen LogP contribution >= 0.6 is 0 Å². The quantitative estimate of drug-likeness (QED) is 0.123. The molecule has 0 bridgehead atoms. The van der Waals surface area contributed by atoms with Gasteiger partial charge in [0.2, 0.25) is 0 Å². The Morgan fingerprint density at radius 3 is 1.09 bits per heavy atom. The summed E-state index contributed by atoms with van der Waals surface area (Å²) in [5.41, 5.74) is -9.96. The Morgan fingerprint density at radius 2 is 0.717 bits per heavy atom. The van der Waals surface area contributed by atoms with Crippen molar-refractivity contribution in [2.75, 3.05) is 0 Å². The molecule has 0 fully saturated rings. The van der Waals surface area contributed by atoms with Crippen molar-refractivity contribution in [1.82, 2.24) is 0 Å². The molecule has 4 aromatic rings. The van der Waals surface area contributed by atoms with Crippen LogP contribution in [0, 0.1) is 0 Å². The van der Waals surface area contributed by atoms with Gasteiger partial charge in [-0.1, -0.05) is 18.2 Å². The molecule has 0 amide bonds. The number of hydrogen-bond acceptors (Lipinski definition) is 8. The second-order valence-corrected chi connectivity index (χ2v) is 9.37. The summed E-state index contributed by atoms with van der Waals surface area (Å²) in [6.45, 7) is 0. The highest BCUT2D eigenvalue weighted by Gasteiger charge is 2.34. The molecule has 16 nitrogen and oxygen atoms in total. The maximum atomic E-state index is 12.8. The second-order valence-electron chi connectivity index (χ2n) is 9.37. The number of carbonyl (C=O) groups is 8. The van der Waals surface area contributed by atoms with Crippen molar-refractivity contribution in [1.29, 1.82) is 0 Å². The van der Waals surface area contributed by atoms with E-state index in [1.807, 2.05) is 0 Å². The molecule has 0 aliphatic carbocycles. The van der Waals surface area contributed by atoms with Crippen molar-refractivity contribution >= 4 is 58.5 Å². The van der Waals surface area contributed by atoms with Crippen molar-refractivity contribution in [3.8, 4) is 22.3 Å². The third-order valence-electron chi connectivity index (χ3n) is 6.88. The fourth-order valence-corrected chi connectivity index (χ4v) is 5.12. The molecule has 16 heteroatoms. The Bertz CT molecular complexity index is 2110. The molecule has 0 spiro atoms. The Kier molecular flexibility index (Phi) is 7.98. The summed E-state index contributed by atoms with van der Waals surface area (Å²) >= 11 is 0. The molecule has 0 aliphatic rings. The number of aromatic carboxylic acids is 8. The monoisotopic (exact) mass is 632 g/mol. The first kappa shape index (κ1) is 31.8. The summed E-state index contributed by atoms with van der Waals surface area (Å²) in [4.78, 5) is 97.7. The first-order valence-electron chi connectivity index (χ1n) is 12.3. The third kappa shape index (κ3) is 5.17. The topological polar surface area (TPSA) is 298 Å².